The molecule has 0 aliphatic heterocycles. The predicted octanol–water partition coefficient (Wildman–Crippen LogP) is 4.23. The van der Waals surface area contributed by atoms with Gasteiger partial charge < -0.3 is 23.4 Å². The summed E-state index contributed by atoms with van der Waals surface area (Å²) in [5, 5.41) is 0.343. The van der Waals surface area contributed by atoms with E-state index < -0.39 is 12.1 Å². The van der Waals surface area contributed by atoms with Crippen LogP contribution >= 0.6 is 0 Å². The summed E-state index contributed by atoms with van der Waals surface area (Å²) in [5.41, 5.74) is 0.0349. The number of esters is 1. The second-order valence-corrected chi connectivity index (χ2v) is 6.26. The molecule has 0 N–H and O–H groups in total. The highest BCUT2D eigenvalue weighted by Gasteiger charge is 2.18. The van der Waals surface area contributed by atoms with Gasteiger partial charge in [0, 0.05) is 6.07 Å². The van der Waals surface area contributed by atoms with Crippen molar-refractivity contribution in [3.8, 4) is 23.0 Å². The third-order valence-electron chi connectivity index (χ3n) is 4.20. The lowest BCUT2D eigenvalue weighted by Crippen LogP contribution is -2.26. The second kappa shape index (κ2) is 8.68. The molecule has 0 aliphatic rings. The molecule has 7 nitrogen and oxygen atoms in total. The first-order chi connectivity index (χ1) is 13.9. The molecule has 1 atom stereocenters. The van der Waals surface area contributed by atoms with E-state index in [-0.39, 0.29) is 17.8 Å². The van der Waals surface area contributed by atoms with E-state index in [0.29, 0.717) is 34.0 Å². The largest absolute Gasteiger partial charge is 0.497 e. The molecule has 7 heteroatoms. The number of hydrogen-bond donors (Lipinski definition) is 0. The number of fused-ring (bicyclic) bond motifs is 1. The van der Waals surface area contributed by atoms with E-state index in [4.69, 9.17) is 23.4 Å². The van der Waals surface area contributed by atoms with E-state index in [1.54, 1.807) is 70.3 Å². The van der Waals surface area contributed by atoms with E-state index in [1.807, 2.05) is 0 Å². The van der Waals surface area contributed by atoms with Gasteiger partial charge in [-0.2, -0.15) is 0 Å². The molecule has 1 heterocycles. The smallest absolute Gasteiger partial charge is 0.347 e. The molecular formula is C22H22O7. The van der Waals surface area contributed by atoms with Gasteiger partial charge in [0.2, 0.25) is 11.2 Å². The highest BCUT2D eigenvalue weighted by Crippen LogP contribution is 2.28. The maximum atomic E-state index is 12.9. The minimum Gasteiger partial charge on any atom is -0.497 e. The van der Waals surface area contributed by atoms with Gasteiger partial charge in [-0.25, -0.2) is 4.79 Å². The van der Waals surface area contributed by atoms with E-state index in [2.05, 4.69) is 0 Å². The Balaban J connectivity index is 1.89. The molecule has 0 fully saturated rings. The fraction of sp³-hybridized carbons (Fsp3) is 0.273. The van der Waals surface area contributed by atoms with Crippen LogP contribution in [0.1, 0.15) is 19.6 Å². The number of carbonyl (C=O) groups excluding carboxylic acids is 1. The van der Waals surface area contributed by atoms with Gasteiger partial charge >= 0.3 is 5.97 Å². The van der Waals surface area contributed by atoms with Gasteiger partial charge in [0.1, 0.15) is 28.6 Å². The van der Waals surface area contributed by atoms with E-state index in [1.165, 1.54) is 0 Å². The van der Waals surface area contributed by atoms with Gasteiger partial charge in [-0.05, 0) is 57.2 Å². The summed E-state index contributed by atoms with van der Waals surface area (Å²) in [5.74, 6) is 1.54. The SMILES string of the molecule is CCOC(=O)[C@H](C)Oc1ccc2c(=O)c(Oc3ccc(OC)cc3)c(C)oc2c1. The summed E-state index contributed by atoms with van der Waals surface area (Å²) in [4.78, 5) is 24.6. The van der Waals surface area contributed by atoms with Crippen molar-refractivity contribution in [2.45, 2.75) is 26.9 Å². The van der Waals surface area contributed by atoms with Gasteiger partial charge in [-0.15, -0.1) is 0 Å². The summed E-state index contributed by atoms with van der Waals surface area (Å²) in [6.07, 6.45) is -0.780. The first-order valence-corrected chi connectivity index (χ1v) is 9.15. The number of hydrogen-bond acceptors (Lipinski definition) is 7. The van der Waals surface area contributed by atoms with Gasteiger partial charge in [0.25, 0.3) is 0 Å². The number of aryl methyl sites for hydroxylation is 1. The lowest BCUT2D eigenvalue weighted by Gasteiger charge is -2.14. The Morgan fingerprint density at radius 3 is 2.38 bits per heavy atom. The number of ether oxygens (including phenoxy) is 4. The van der Waals surface area contributed by atoms with Crippen LogP contribution < -0.4 is 19.6 Å². The minimum absolute atomic E-state index is 0.108. The lowest BCUT2D eigenvalue weighted by atomic mass is 10.2. The Hall–Kier alpha value is -3.48. The molecule has 1 aromatic heterocycles. The molecule has 0 radical (unpaired) electrons. The summed E-state index contributed by atoms with van der Waals surface area (Å²) < 4.78 is 27.1. The molecule has 152 valence electrons. The molecule has 0 bridgehead atoms. The predicted molar refractivity (Wildman–Crippen MR) is 107 cm³/mol. The van der Waals surface area contributed by atoms with Crippen LogP contribution in [0.15, 0.2) is 51.7 Å². The highest BCUT2D eigenvalue weighted by atomic mass is 16.6. The van der Waals surface area contributed by atoms with Crippen molar-refractivity contribution >= 4 is 16.9 Å². The molecule has 0 saturated heterocycles. The third-order valence-corrected chi connectivity index (χ3v) is 4.20. The summed E-state index contributed by atoms with van der Waals surface area (Å²) in [7, 11) is 1.57. The van der Waals surface area contributed by atoms with Gasteiger partial charge in [0.15, 0.2) is 6.10 Å². The minimum atomic E-state index is -0.780. The Morgan fingerprint density at radius 2 is 1.72 bits per heavy atom. The zero-order valence-corrected chi connectivity index (χ0v) is 16.7. The van der Waals surface area contributed by atoms with Crippen molar-refractivity contribution < 1.29 is 28.2 Å². The van der Waals surface area contributed by atoms with Crippen LogP contribution in [0.5, 0.6) is 23.0 Å². The van der Waals surface area contributed by atoms with Crippen molar-refractivity contribution in [3.05, 3.63) is 58.4 Å². The van der Waals surface area contributed by atoms with Gasteiger partial charge in [-0.1, -0.05) is 0 Å². The number of rotatable bonds is 7. The molecule has 3 rings (SSSR count). The van der Waals surface area contributed by atoms with Crippen molar-refractivity contribution in [2.75, 3.05) is 13.7 Å². The Bertz CT molecular complexity index is 1070. The van der Waals surface area contributed by atoms with E-state index >= 15 is 0 Å². The number of methoxy groups -OCH3 is 1. The Kier molecular flexibility index (Phi) is 6.07. The van der Waals surface area contributed by atoms with Crippen LogP contribution in [0.25, 0.3) is 11.0 Å². The maximum Gasteiger partial charge on any atom is 0.347 e. The van der Waals surface area contributed by atoms with Crippen molar-refractivity contribution in [3.63, 3.8) is 0 Å². The van der Waals surface area contributed by atoms with E-state index in [0.717, 1.165) is 0 Å². The molecule has 29 heavy (non-hydrogen) atoms. The van der Waals surface area contributed by atoms with Crippen LogP contribution in [-0.2, 0) is 9.53 Å². The quantitative estimate of drug-likeness (QED) is 0.551. The third kappa shape index (κ3) is 4.51. The van der Waals surface area contributed by atoms with Crippen LogP contribution in [0, 0.1) is 6.92 Å². The normalized spacial score (nSPS) is 11.7. The molecule has 0 unspecified atom stereocenters. The standard InChI is InChI=1S/C22H22O7/c1-5-26-22(24)14(3)27-17-10-11-18-19(12-17)28-13(2)21(20(18)23)29-16-8-6-15(25-4)7-9-16/h6-12,14H,5H2,1-4H3/t14-/m0/s1. The maximum absolute atomic E-state index is 12.9. The molecule has 0 spiro atoms. The summed E-state index contributed by atoms with van der Waals surface area (Å²) in [6.45, 7) is 5.24. The van der Waals surface area contributed by atoms with Crippen molar-refractivity contribution in [1.29, 1.82) is 0 Å². The van der Waals surface area contributed by atoms with Crippen molar-refractivity contribution in [2.24, 2.45) is 0 Å². The monoisotopic (exact) mass is 398 g/mol. The fourth-order valence-corrected chi connectivity index (χ4v) is 2.73. The molecular weight excluding hydrogens is 376 g/mol. The zero-order chi connectivity index (χ0) is 21.0. The first-order valence-electron chi connectivity index (χ1n) is 9.15. The van der Waals surface area contributed by atoms with Crippen LogP contribution in [0.4, 0.5) is 0 Å². The van der Waals surface area contributed by atoms with Crippen LogP contribution in [-0.4, -0.2) is 25.8 Å². The Labute approximate surface area is 167 Å². The summed E-state index contributed by atoms with van der Waals surface area (Å²) >= 11 is 0. The molecule has 0 saturated carbocycles. The zero-order valence-electron chi connectivity index (χ0n) is 16.7. The molecule has 3 aromatic rings. The lowest BCUT2D eigenvalue weighted by molar-refractivity contribution is -0.150. The highest BCUT2D eigenvalue weighted by molar-refractivity contribution is 5.80. The molecule has 0 aliphatic carbocycles. The van der Waals surface area contributed by atoms with E-state index in [9.17, 15) is 9.59 Å². The van der Waals surface area contributed by atoms with Crippen LogP contribution in [0.2, 0.25) is 0 Å². The van der Waals surface area contributed by atoms with Crippen molar-refractivity contribution in [1.82, 2.24) is 0 Å². The average molecular weight is 398 g/mol. The molecule has 2 aromatic carbocycles. The Morgan fingerprint density at radius 1 is 1.07 bits per heavy atom. The number of benzene rings is 2. The number of carbonyl (C=O) groups is 1. The van der Waals surface area contributed by atoms with Gasteiger partial charge in [-0.3, -0.25) is 4.79 Å². The fourth-order valence-electron chi connectivity index (χ4n) is 2.73. The molecule has 0 amide bonds. The average Bonchev–Trinajstić information content (AvgIpc) is 2.71. The van der Waals surface area contributed by atoms with Crippen LogP contribution in [0.3, 0.4) is 0 Å². The van der Waals surface area contributed by atoms with Gasteiger partial charge in [0.05, 0.1) is 19.1 Å². The second-order valence-electron chi connectivity index (χ2n) is 6.26. The first kappa shape index (κ1) is 20.3. The topological polar surface area (TPSA) is 84.2 Å². The summed E-state index contributed by atoms with van der Waals surface area (Å²) in [6, 6.07) is 11.6.